The van der Waals surface area contributed by atoms with Gasteiger partial charge in [0, 0.05) is 20.4 Å². The van der Waals surface area contributed by atoms with Crippen molar-refractivity contribution in [3.63, 3.8) is 0 Å². The molecule has 0 spiro atoms. The Bertz CT molecular complexity index is 770. The first-order chi connectivity index (χ1) is 10.3. The first-order valence-electron chi connectivity index (χ1n) is 6.81. The molecular weight excluding hydrogens is 340 g/mol. The number of hydrogen-bond acceptors (Lipinski definition) is 5. The summed E-state index contributed by atoms with van der Waals surface area (Å²) < 4.78 is 46.6. The van der Waals surface area contributed by atoms with Gasteiger partial charge in [-0.05, 0) is 24.6 Å². The van der Waals surface area contributed by atoms with Gasteiger partial charge in [0.1, 0.15) is 0 Å². The van der Waals surface area contributed by atoms with E-state index in [2.05, 4.69) is 0 Å². The maximum absolute atomic E-state index is 12.2. The van der Waals surface area contributed by atoms with Crippen molar-refractivity contribution in [2.24, 2.45) is 0 Å². The van der Waals surface area contributed by atoms with Gasteiger partial charge >= 0.3 is 0 Å². The van der Waals surface area contributed by atoms with Gasteiger partial charge in [-0.2, -0.15) is 4.31 Å². The minimum absolute atomic E-state index is 0.208. The summed E-state index contributed by atoms with van der Waals surface area (Å²) in [6.07, 6.45) is 2.16. The number of benzene rings is 1. The van der Waals surface area contributed by atoms with Crippen LogP contribution in [0.25, 0.3) is 0 Å². The number of hydrogen-bond donors (Lipinski definition) is 0. The van der Waals surface area contributed by atoms with Crippen LogP contribution < -0.4 is 0 Å². The fraction of sp³-hybridized carbons (Fsp3) is 0.500. The van der Waals surface area contributed by atoms with Crippen LogP contribution in [0.3, 0.4) is 0 Å². The van der Waals surface area contributed by atoms with E-state index in [1.807, 2.05) is 0 Å². The van der Waals surface area contributed by atoms with Gasteiger partial charge < -0.3 is 4.90 Å². The SMILES string of the molecule is CC(c1ccc(S(C)(=O)=O)cc1)N(C)C(=O)CN(C)S(C)(=O)=O. The number of carbonyl (C=O) groups is 1. The van der Waals surface area contributed by atoms with Crippen LogP contribution >= 0.6 is 0 Å². The number of rotatable bonds is 6. The average molecular weight is 362 g/mol. The summed E-state index contributed by atoms with van der Waals surface area (Å²) in [6.45, 7) is 1.54. The fourth-order valence-electron chi connectivity index (χ4n) is 1.85. The van der Waals surface area contributed by atoms with E-state index in [1.54, 1.807) is 26.1 Å². The second-order valence-electron chi connectivity index (χ2n) is 5.54. The van der Waals surface area contributed by atoms with Crippen molar-refractivity contribution >= 4 is 25.8 Å². The molecule has 1 aromatic rings. The summed E-state index contributed by atoms with van der Waals surface area (Å²) in [5.41, 5.74) is 0.759. The van der Waals surface area contributed by atoms with Crippen LogP contribution in [0.4, 0.5) is 0 Å². The number of amides is 1. The van der Waals surface area contributed by atoms with Gasteiger partial charge in [-0.1, -0.05) is 12.1 Å². The summed E-state index contributed by atoms with van der Waals surface area (Å²) in [5, 5.41) is 0. The number of carbonyl (C=O) groups excluding carboxylic acids is 1. The molecule has 0 aromatic heterocycles. The zero-order chi connectivity index (χ0) is 18.0. The van der Waals surface area contributed by atoms with E-state index in [4.69, 9.17) is 0 Å². The molecule has 9 heteroatoms. The smallest absolute Gasteiger partial charge is 0.238 e. The largest absolute Gasteiger partial charge is 0.338 e. The quantitative estimate of drug-likeness (QED) is 0.735. The Labute approximate surface area is 137 Å². The zero-order valence-corrected chi connectivity index (χ0v) is 15.5. The molecule has 0 radical (unpaired) electrons. The minimum Gasteiger partial charge on any atom is -0.338 e. The standard InChI is InChI=1S/C14H22N2O5S2/c1-11(12-6-8-13(9-7-12)22(4,18)19)16(3)14(17)10-15(2)23(5,20)21/h6-9,11H,10H2,1-5H3. The normalized spacial score (nSPS) is 13.8. The third-order valence-electron chi connectivity index (χ3n) is 3.69. The Morgan fingerprint density at radius 1 is 1.04 bits per heavy atom. The number of nitrogens with zero attached hydrogens (tertiary/aromatic N) is 2. The molecule has 0 aliphatic rings. The van der Waals surface area contributed by atoms with E-state index in [0.29, 0.717) is 0 Å². The molecule has 0 bridgehead atoms. The van der Waals surface area contributed by atoms with E-state index in [9.17, 15) is 21.6 Å². The van der Waals surface area contributed by atoms with Crippen molar-refractivity contribution in [3.05, 3.63) is 29.8 Å². The Balaban J connectivity index is 2.88. The summed E-state index contributed by atoms with van der Waals surface area (Å²) in [4.78, 5) is 13.8. The van der Waals surface area contributed by atoms with Gasteiger partial charge in [-0.15, -0.1) is 0 Å². The fourth-order valence-corrected chi connectivity index (χ4v) is 2.83. The Morgan fingerprint density at radius 3 is 1.91 bits per heavy atom. The monoisotopic (exact) mass is 362 g/mol. The summed E-state index contributed by atoms with van der Waals surface area (Å²) >= 11 is 0. The van der Waals surface area contributed by atoms with E-state index in [0.717, 1.165) is 22.4 Å². The molecule has 0 fully saturated rings. The molecule has 1 aromatic carbocycles. The van der Waals surface area contributed by atoms with E-state index in [-0.39, 0.29) is 23.4 Å². The molecule has 0 saturated heterocycles. The summed E-state index contributed by atoms with van der Waals surface area (Å²) in [7, 11) is -3.78. The highest BCUT2D eigenvalue weighted by Gasteiger charge is 2.22. The predicted molar refractivity (Wildman–Crippen MR) is 88.2 cm³/mol. The lowest BCUT2D eigenvalue weighted by Crippen LogP contribution is -2.39. The van der Waals surface area contributed by atoms with E-state index >= 15 is 0 Å². The molecule has 130 valence electrons. The zero-order valence-electron chi connectivity index (χ0n) is 13.8. The van der Waals surface area contributed by atoms with Crippen LogP contribution in [0, 0.1) is 0 Å². The van der Waals surface area contributed by atoms with Crippen LogP contribution in [-0.4, -0.2) is 65.1 Å². The van der Waals surface area contributed by atoms with Gasteiger partial charge in [0.05, 0.1) is 23.7 Å². The number of sulfone groups is 1. The molecule has 7 nitrogen and oxygen atoms in total. The molecule has 1 rings (SSSR count). The van der Waals surface area contributed by atoms with Crippen LogP contribution in [-0.2, 0) is 24.7 Å². The van der Waals surface area contributed by atoms with Crippen molar-refractivity contribution in [2.45, 2.75) is 17.9 Å². The van der Waals surface area contributed by atoms with Crippen LogP contribution in [0.15, 0.2) is 29.2 Å². The van der Waals surface area contributed by atoms with E-state index in [1.165, 1.54) is 24.1 Å². The molecule has 0 N–H and O–H groups in total. The third-order valence-corrected chi connectivity index (χ3v) is 6.08. The second kappa shape index (κ2) is 6.98. The molecule has 0 aliphatic carbocycles. The topological polar surface area (TPSA) is 91.8 Å². The van der Waals surface area contributed by atoms with Crippen molar-refractivity contribution < 1.29 is 21.6 Å². The van der Waals surface area contributed by atoms with Crippen LogP contribution in [0.2, 0.25) is 0 Å². The highest BCUT2D eigenvalue weighted by molar-refractivity contribution is 7.90. The van der Waals surface area contributed by atoms with Gasteiger partial charge in [-0.25, -0.2) is 16.8 Å². The van der Waals surface area contributed by atoms with Gasteiger partial charge in [0.2, 0.25) is 15.9 Å². The molecule has 0 saturated carbocycles. The summed E-state index contributed by atoms with van der Waals surface area (Å²) in [6, 6.07) is 5.95. The Morgan fingerprint density at radius 2 is 1.52 bits per heavy atom. The summed E-state index contributed by atoms with van der Waals surface area (Å²) in [5.74, 6) is -0.349. The van der Waals surface area contributed by atoms with Gasteiger partial charge in [0.25, 0.3) is 0 Å². The maximum atomic E-state index is 12.2. The van der Waals surface area contributed by atoms with Gasteiger partial charge in [0.15, 0.2) is 9.84 Å². The van der Waals surface area contributed by atoms with Crippen molar-refractivity contribution in [2.75, 3.05) is 33.2 Å². The predicted octanol–water partition coefficient (Wildman–Crippen LogP) is 0.501. The first-order valence-corrected chi connectivity index (χ1v) is 10.5. The van der Waals surface area contributed by atoms with Crippen molar-refractivity contribution in [1.82, 2.24) is 9.21 Å². The molecule has 1 atom stereocenters. The Kier molecular flexibility index (Phi) is 5.95. The Hall–Kier alpha value is -1.45. The molecule has 23 heavy (non-hydrogen) atoms. The highest BCUT2D eigenvalue weighted by Crippen LogP contribution is 2.21. The maximum Gasteiger partial charge on any atom is 0.238 e. The minimum atomic E-state index is -3.42. The number of likely N-dealkylation sites (N-methyl/N-ethyl adjacent to an activating group) is 2. The van der Waals surface area contributed by atoms with E-state index < -0.39 is 19.9 Å². The lowest BCUT2D eigenvalue weighted by molar-refractivity contribution is -0.131. The second-order valence-corrected chi connectivity index (χ2v) is 9.65. The van der Waals surface area contributed by atoms with Crippen molar-refractivity contribution in [1.29, 1.82) is 0 Å². The average Bonchev–Trinajstić information content (AvgIpc) is 2.43. The molecule has 1 amide bonds. The third kappa shape index (κ3) is 5.29. The van der Waals surface area contributed by atoms with Gasteiger partial charge in [-0.3, -0.25) is 4.79 Å². The lowest BCUT2D eigenvalue weighted by atomic mass is 10.1. The molecule has 0 aliphatic heterocycles. The molecular formula is C14H22N2O5S2. The molecule has 0 heterocycles. The molecule has 1 unspecified atom stereocenters. The van der Waals surface area contributed by atoms with Crippen LogP contribution in [0.5, 0.6) is 0 Å². The highest BCUT2D eigenvalue weighted by atomic mass is 32.2. The van der Waals surface area contributed by atoms with Crippen molar-refractivity contribution in [3.8, 4) is 0 Å². The van der Waals surface area contributed by atoms with Crippen LogP contribution in [0.1, 0.15) is 18.5 Å². The lowest BCUT2D eigenvalue weighted by Gasteiger charge is -2.27. The first kappa shape index (κ1) is 19.6. The number of sulfonamides is 1.